The molecular weight excluding hydrogens is 222 g/mol. The molecule has 0 aromatic carbocycles. The number of halogens is 1. The maximum absolute atomic E-state index is 5.68. The number of thioether (sulfide) groups is 1. The largest absolute Gasteiger partial charge is 0.360 e. The van der Waals surface area contributed by atoms with Crippen LogP contribution in [0.4, 0.5) is 0 Å². The molecule has 0 aliphatic rings. The Hall–Kier alpha value is -0.250. The zero-order chi connectivity index (χ0) is 9.68. The van der Waals surface area contributed by atoms with Gasteiger partial charge in [-0.15, -0.1) is 11.8 Å². The monoisotopic (exact) mass is 231 g/mol. The highest BCUT2D eigenvalue weighted by Crippen LogP contribution is 2.13. The molecule has 0 amide bonds. The maximum Gasteiger partial charge on any atom is 0.0944 e. The summed E-state index contributed by atoms with van der Waals surface area (Å²) in [4.78, 5) is 3.06. The number of nitrogens with one attached hydrogen (secondary N) is 1. The normalized spacial score (nSPS) is 11.7. The number of allylic oxidation sites excluding steroid dienone is 1. The van der Waals surface area contributed by atoms with Crippen molar-refractivity contribution in [2.45, 2.75) is 6.92 Å². The van der Waals surface area contributed by atoms with E-state index in [-0.39, 0.29) is 0 Å². The van der Waals surface area contributed by atoms with Crippen LogP contribution in [0.5, 0.6) is 0 Å². The maximum atomic E-state index is 5.68. The second-order valence-electron chi connectivity index (χ2n) is 2.47. The summed E-state index contributed by atoms with van der Waals surface area (Å²) in [5, 5.41) is 0.807. The molecule has 1 heterocycles. The molecule has 1 N–H and O–H groups in total. The minimum atomic E-state index is 0.807. The van der Waals surface area contributed by atoms with E-state index in [1.807, 2.05) is 31.3 Å². The van der Waals surface area contributed by atoms with Crippen molar-refractivity contribution in [2.24, 2.45) is 0 Å². The standard InChI is InChI=1S/C9H10ClNS2/c1-7(10)4-6-13-9(12)8-3-2-5-11-8/h2-5,11H,6H2,1H3. The van der Waals surface area contributed by atoms with Gasteiger partial charge in [-0.25, -0.2) is 0 Å². The van der Waals surface area contributed by atoms with Crippen LogP contribution in [0, 0.1) is 0 Å². The third-order valence-corrected chi connectivity index (χ3v) is 2.94. The van der Waals surface area contributed by atoms with Gasteiger partial charge in [0, 0.05) is 17.0 Å². The summed E-state index contributed by atoms with van der Waals surface area (Å²) in [5.74, 6) is 0.827. The first-order valence-electron chi connectivity index (χ1n) is 3.83. The zero-order valence-corrected chi connectivity index (χ0v) is 9.60. The Morgan fingerprint density at radius 1 is 1.77 bits per heavy atom. The molecule has 0 atom stereocenters. The molecule has 1 aromatic heterocycles. The average molecular weight is 232 g/mol. The molecule has 1 nitrogen and oxygen atoms in total. The molecule has 0 saturated heterocycles. The van der Waals surface area contributed by atoms with Crippen LogP contribution < -0.4 is 0 Å². The Labute approximate surface area is 92.6 Å². The number of rotatable bonds is 3. The molecule has 0 spiro atoms. The molecule has 4 heteroatoms. The lowest BCUT2D eigenvalue weighted by Gasteiger charge is -1.97. The van der Waals surface area contributed by atoms with Crippen LogP contribution >= 0.6 is 35.6 Å². The van der Waals surface area contributed by atoms with Crippen LogP contribution in [0.2, 0.25) is 0 Å². The molecule has 13 heavy (non-hydrogen) atoms. The number of aromatic nitrogens is 1. The summed E-state index contributed by atoms with van der Waals surface area (Å²) in [7, 11) is 0. The van der Waals surface area contributed by atoms with Crippen LogP contribution in [0.25, 0.3) is 0 Å². The van der Waals surface area contributed by atoms with Gasteiger partial charge >= 0.3 is 0 Å². The number of hydrogen-bond donors (Lipinski definition) is 1. The van der Waals surface area contributed by atoms with Crippen molar-refractivity contribution >= 4 is 39.8 Å². The van der Waals surface area contributed by atoms with Gasteiger partial charge in [-0.1, -0.05) is 29.9 Å². The fourth-order valence-corrected chi connectivity index (χ4v) is 2.03. The van der Waals surface area contributed by atoms with E-state index in [2.05, 4.69) is 4.98 Å². The topological polar surface area (TPSA) is 15.8 Å². The van der Waals surface area contributed by atoms with Crippen LogP contribution in [0.15, 0.2) is 29.4 Å². The molecule has 0 saturated carbocycles. The van der Waals surface area contributed by atoms with E-state index in [1.54, 1.807) is 11.8 Å². The van der Waals surface area contributed by atoms with E-state index in [1.165, 1.54) is 0 Å². The third-order valence-electron chi connectivity index (χ3n) is 1.40. The highest BCUT2D eigenvalue weighted by atomic mass is 35.5. The summed E-state index contributed by atoms with van der Waals surface area (Å²) in [5.41, 5.74) is 1.00. The predicted octanol–water partition coefficient (Wildman–Crippen LogP) is 3.57. The van der Waals surface area contributed by atoms with Crippen LogP contribution in [-0.2, 0) is 0 Å². The lowest BCUT2D eigenvalue weighted by Crippen LogP contribution is -1.91. The van der Waals surface area contributed by atoms with Crippen molar-refractivity contribution in [2.75, 3.05) is 5.75 Å². The van der Waals surface area contributed by atoms with Crippen molar-refractivity contribution in [3.8, 4) is 0 Å². The van der Waals surface area contributed by atoms with E-state index in [4.69, 9.17) is 23.8 Å². The Morgan fingerprint density at radius 3 is 3.08 bits per heavy atom. The summed E-state index contributed by atoms with van der Waals surface area (Å²) < 4.78 is 0.874. The zero-order valence-electron chi connectivity index (χ0n) is 7.21. The van der Waals surface area contributed by atoms with Crippen molar-refractivity contribution in [1.82, 2.24) is 4.98 Å². The summed E-state index contributed by atoms with van der Waals surface area (Å²) in [6.07, 6.45) is 3.81. The quantitative estimate of drug-likeness (QED) is 0.801. The lowest BCUT2D eigenvalue weighted by molar-refractivity contribution is 1.39. The molecule has 0 fully saturated rings. The second-order valence-corrected chi connectivity index (χ2v) is 4.77. The van der Waals surface area contributed by atoms with Crippen LogP contribution in [0.1, 0.15) is 12.6 Å². The molecule has 0 radical (unpaired) electrons. The Balaban J connectivity index is 2.39. The molecule has 0 bridgehead atoms. The predicted molar refractivity (Wildman–Crippen MR) is 64.6 cm³/mol. The summed E-state index contributed by atoms with van der Waals surface area (Å²) in [6.45, 7) is 1.86. The van der Waals surface area contributed by atoms with E-state index in [0.29, 0.717) is 0 Å². The van der Waals surface area contributed by atoms with Crippen molar-refractivity contribution in [3.05, 3.63) is 35.1 Å². The van der Waals surface area contributed by atoms with Crippen molar-refractivity contribution in [3.63, 3.8) is 0 Å². The van der Waals surface area contributed by atoms with Gasteiger partial charge in [-0.05, 0) is 19.1 Å². The Kier molecular flexibility index (Phi) is 4.56. The number of thiocarbonyl (C=S) groups is 1. The van der Waals surface area contributed by atoms with Crippen molar-refractivity contribution in [1.29, 1.82) is 0 Å². The molecule has 1 rings (SSSR count). The Bertz CT molecular complexity index is 299. The fraction of sp³-hybridized carbons (Fsp3) is 0.222. The van der Waals surface area contributed by atoms with E-state index < -0.39 is 0 Å². The molecule has 0 aliphatic heterocycles. The van der Waals surface area contributed by atoms with Gasteiger partial charge in [0.2, 0.25) is 0 Å². The molecule has 0 aliphatic carbocycles. The molecular formula is C9H10ClNS2. The Morgan fingerprint density at radius 2 is 2.54 bits per heavy atom. The van der Waals surface area contributed by atoms with E-state index >= 15 is 0 Å². The smallest absolute Gasteiger partial charge is 0.0944 e. The summed E-state index contributed by atoms with van der Waals surface area (Å²) >= 11 is 12.5. The summed E-state index contributed by atoms with van der Waals surface area (Å²) in [6, 6.07) is 3.90. The second kappa shape index (κ2) is 5.47. The van der Waals surface area contributed by atoms with Crippen molar-refractivity contribution < 1.29 is 0 Å². The third kappa shape index (κ3) is 3.98. The minimum Gasteiger partial charge on any atom is -0.360 e. The van der Waals surface area contributed by atoms with Gasteiger partial charge < -0.3 is 4.98 Å². The van der Waals surface area contributed by atoms with Gasteiger partial charge in [-0.3, -0.25) is 0 Å². The first-order chi connectivity index (χ1) is 6.20. The van der Waals surface area contributed by atoms with Gasteiger partial charge in [0.25, 0.3) is 0 Å². The van der Waals surface area contributed by atoms with Gasteiger partial charge in [-0.2, -0.15) is 0 Å². The number of H-pyrrole nitrogens is 1. The lowest BCUT2D eigenvalue weighted by atomic mass is 10.5. The molecule has 70 valence electrons. The molecule has 0 unspecified atom stereocenters. The number of aromatic amines is 1. The highest BCUT2D eigenvalue weighted by Gasteiger charge is 2.00. The SMILES string of the molecule is CC(Cl)=CCSC(=S)c1ccc[nH]1. The van der Waals surface area contributed by atoms with E-state index in [9.17, 15) is 0 Å². The first kappa shape index (κ1) is 10.8. The average Bonchev–Trinajstić information content (AvgIpc) is 2.55. The highest BCUT2D eigenvalue weighted by molar-refractivity contribution is 8.23. The van der Waals surface area contributed by atoms with E-state index in [0.717, 1.165) is 20.7 Å². The minimum absolute atomic E-state index is 0.807. The van der Waals surface area contributed by atoms with Crippen LogP contribution in [0.3, 0.4) is 0 Å². The van der Waals surface area contributed by atoms with Gasteiger partial charge in [0.05, 0.1) is 9.89 Å². The first-order valence-corrected chi connectivity index (χ1v) is 5.60. The number of hydrogen-bond acceptors (Lipinski definition) is 2. The van der Waals surface area contributed by atoms with Crippen LogP contribution in [-0.4, -0.2) is 14.9 Å². The molecule has 1 aromatic rings. The van der Waals surface area contributed by atoms with Gasteiger partial charge in [0.15, 0.2) is 0 Å². The van der Waals surface area contributed by atoms with Gasteiger partial charge in [0.1, 0.15) is 0 Å². The fourth-order valence-electron chi connectivity index (χ4n) is 0.767.